The van der Waals surface area contributed by atoms with Gasteiger partial charge in [0.2, 0.25) is 0 Å². The molecule has 1 amide bonds. The molecule has 0 fully saturated rings. The fourth-order valence-corrected chi connectivity index (χ4v) is 3.58. The van der Waals surface area contributed by atoms with Crippen LogP contribution >= 0.6 is 0 Å². The van der Waals surface area contributed by atoms with Crippen LogP contribution in [0.2, 0.25) is 0 Å². The Bertz CT molecular complexity index is 1170. The number of imidazole rings is 1. The predicted octanol–water partition coefficient (Wildman–Crippen LogP) is 4.47. The van der Waals surface area contributed by atoms with Crippen LogP contribution in [0.3, 0.4) is 0 Å². The third kappa shape index (κ3) is 3.89. The Labute approximate surface area is 176 Å². The molecule has 0 aliphatic rings. The summed E-state index contributed by atoms with van der Waals surface area (Å²) in [5.41, 5.74) is 5.69. The molecular formula is C24H25N5O. The Balaban J connectivity index is 1.44. The van der Waals surface area contributed by atoms with Crippen LogP contribution in [0, 0.1) is 20.8 Å². The zero-order valence-corrected chi connectivity index (χ0v) is 17.6. The van der Waals surface area contributed by atoms with E-state index in [1.54, 1.807) is 6.20 Å². The largest absolute Gasteiger partial charge is 0.346 e. The van der Waals surface area contributed by atoms with Crippen molar-refractivity contribution in [2.24, 2.45) is 0 Å². The van der Waals surface area contributed by atoms with Gasteiger partial charge in [0, 0.05) is 29.3 Å². The minimum atomic E-state index is -0.105. The molecule has 6 heteroatoms. The maximum atomic E-state index is 12.7. The fourth-order valence-electron chi connectivity index (χ4n) is 3.58. The maximum absolute atomic E-state index is 12.7. The fraction of sp³-hybridized carbons (Fsp3) is 0.208. The van der Waals surface area contributed by atoms with Crippen LogP contribution in [-0.2, 0) is 0 Å². The molecule has 2 aromatic heterocycles. The van der Waals surface area contributed by atoms with Gasteiger partial charge in [0.15, 0.2) is 0 Å². The zero-order chi connectivity index (χ0) is 21.3. The molecule has 0 unspecified atom stereocenters. The molecule has 0 radical (unpaired) electrons. The van der Waals surface area contributed by atoms with Crippen molar-refractivity contribution in [3.63, 3.8) is 0 Å². The van der Waals surface area contributed by atoms with Gasteiger partial charge in [-0.1, -0.05) is 12.1 Å². The lowest BCUT2D eigenvalue weighted by atomic mass is 10.1. The predicted molar refractivity (Wildman–Crippen MR) is 117 cm³/mol. The molecule has 30 heavy (non-hydrogen) atoms. The minimum absolute atomic E-state index is 0.100. The number of hydrogen-bond acceptors (Lipinski definition) is 3. The number of carbonyl (C=O) groups is 1. The number of amides is 1. The standard InChI is InChI=1S/C24H25N5O/c1-16-15-17(2)29(27-16)23-11-7-21(8-12-23)24(30)26-18(3)20-5-9-22(10-6-20)28-14-13-25-19(28)4/h5-15,18H,1-4H3,(H,26,30)/t18-/m1/s1. The highest BCUT2D eigenvalue weighted by Crippen LogP contribution is 2.18. The Morgan fingerprint density at radius 1 is 0.967 bits per heavy atom. The van der Waals surface area contributed by atoms with Crippen LogP contribution in [0.1, 0.15) is 46.1 Å². The number of carbonyl (C=O) groups excluding carboxylic acids is 1. The zero-order valence-electron chi connectivity index (χ0n) is 17.6. The van der Waals surface area contributed by atoms with Crippen LogP contribution in [0.4, 0.5) is 0 Å². The summed E-state index contributed by atoms with van der Waals surface area (Å²) < 4.78 is 3.90. The summed E-state index contributed by atoms with van der Waals surface area (Å²) in [6.07, 6.45) is 3.72. The Hall–Kier alpha value is -3.67. The normalized spacial score (nSPS) is 12.0. The lowest BCUT2D eigenvalue weighted by molar-refractivity contribution is 0.0940. The second-order valence-electron chi connectivity index (χ2n) is 7.52. The lowest BCUT2D eigenvalue weighted by Crippen LogP contribution is -2.26. The summed E-state index contributed by atoms with van der Waals surface area (Å²) in [5, 5.41) is 7.56. The topological polar surface area (TPSA) is 64.7 Å². The summed E-state index contributed by atoms with van der Waals surface area (Å²) >= 11 is 0. The number of nitrogens with zero attached hydrogens (tertiary/aromatic N) is 4. The first-order chi connectivity index (χ1) is 14.4. The van der Waals surface area contributed by atoms with Crippen LogP contribution in [-0.4, -0.2) is 25.2 Å². The second-order valence-corrected chi connectivity index (χ2v) is 7.52. The Kier molecular flexibility index (Phi) is 5.23. The summed E-state index contributed by atoms with van der Waals surface area (Å²) in [6, 6.07) is 17.6. The first-order valence-electron chi connectivity index (χ1n) is 9.97. The van der Waals surface area contributed by atoms with E-state index in [1.807, 2.05) is 97.7 Å². The molecule has 1 N–H and O–H groups in total. The van der Waals surface area contributed by atoms with Gasteiger partial charge in [0.1, 0.15) is 5.82 Å². The summed E-state index contributed by atoms with van der Waals surface area (Å²) in [5.74, 6) is 0.838. The first-order valence-corrected chi connectivity index (χ1v) is 9.97. The first kappa shape index (κ1) is 19.6. The molecule has 6 nitrogen and oxygen atoms in total. The highest BCUT2D eigenvalue weighted by Gasteiger charge is 2.13. The summed E-state index contributed by atoms with van der Waals surface area (Å²) in [6.45, 7) is 7.94. The van der Waals surface area contributed by atoms with Crippen molar-refractivity contribution in [1.82, 2.24) is 24.6 Å². The van der Waals surface area contributed by atoms with E-state index in [9.17, 15) is 4.79 Å². The number of aromatic nitrogens is 4. The van der Waals surface area contributed by atoms with Gasteiger partial charge >= 0.3 is 0 Å². The number of nitrogens with one attached hydrogen (secondary N) is 1. The third-order valence-corrected chi connectivity index (χ3v) is 5.23. The second kappa shape index (κ2) is 7.99. The highest BCUT2D eigenvalue weighted by atomic mass is 16.1. The molecule has 4 rings (SSSR count). The van der Waals surface area contributed by atoms with E-state index in [1.165, 1.54) is 0 Å². The van der Waals surface area contributed by atoms with Gasteiger partial charge in [0.05, 0.1) is 17.4 Å². The Morgan fingerprint density at radius 2 is 1.63 bits per heavy atom. The van der Waals surface area contributed by atoms with Crippen molar-refractivity contribution in [3.8, 4) is 11.4 Å². The monoisotopic (exact) mass is 399 g/mol. The number of benzene rings is 2. The summed E-state index contributed by atoms with van der Waals surface area (Å²) in [7, 11) is 0. The smallest absolute Gasteiger partial charge is 0.251 e. The molecule has 152 valence electrons. The summed E-state index contributed by atoms with van der Waals surface area (Å²) in [4.78, 5) is 17.0. The van der Waals surface area contributed by atoms with Gasteiger partial charge in [0.25, 0.3) is 5.91 Å². The van der Waals surface area contributed by atoms with Crippen LogP contribution in [0.5, 0.6) is 0 Å². The molecule has 2 aromatic carbocycles. The van der Waals surface area contributed by atoms with E-state index < -0.39 is 0 Å². The number of hydrogen-bond donors (Lipinski definition) is 1. The molecule has 0 spiro atoms. The molecule has 0 bridgehead atoms. The van der Waals surface area contributed by atoms with Gasteiger partial charge in [-0.25, -0.2) is 9.67 Å². The third-order valence-electron chi connectivity index (χ3n) is 5.23. The van der Waals surface area contributed by atoms with Crippen molar-refractivity contribution >= 4 is 5.91 Å². The molecule has 0 aliphatic carbocycles. The van der Waals surface area contributed by atoms with Crippen LogP contribution in [0.15, 0.2) is 67.0 Å². The molecule has 0 aliphatic heterocycles. The van der Waals surface area contributed by atoms with Crippen LogP contribution < -0.4 is 5.32 Å². The van der Waals surface area contributed by atoms with Crippen molar-refractivity contribution in [3.05, 3.63) is 95.3 Å². The molecule has 0 saturated heterocycles. The van der Waals surface area contributed by atoms with Crippen molar-refractivity contribution in [2.45, 2.75) is 33.7 Å². The van der Waals surface area contributed by atoms with Gasteiger partial charge in [-0.15, -0.1) is 0 Å². The maximum Gasteiger partial charge on any atom is 0.251 e. The van der Waals surface area contributed by atoms with E-state index in [4.69, 9.17) is 0 Å². The number of rotatable bonds is 5. The average Bonchev–Trinajstić information content (AvgIpc) is 3.32. The molecule has 0 saturated carbocycles. The van der Waals surface area contributed by atoms with Gasteiger partial charge < -0.3 is 9.88 Å². The van der Waals surface area contributed by atoms with E-state index in [0.29, 0.717) is 5.56 Å². The molecule has 1 atom stereocenters. The minimum Gasteiger partial charge on any atom is -0.346 e. The molecule has 2 heterocycles. The Morgan fingerprint density at radius 3 is 2.20 bits per heavy atom. The van der Waals surface area contributed by atoms with E-state index in [-0.39, 0.29) is 11.9 Å². The number of aryl methyl sites for hydroxylation is 3. The SMILES string of the molecule is Cc1cc(C)n(-c2ccc(C(=O)N[C@H](C)c3ccc(-n4ccnc4C)cc3)cc2)n1. The van der Waals surface area contributed by atoms with Gasteiger partial charge in [-0.3, -0.25) is 4.79 Å². The van der Waals surface area contributed by atoms with E-state index in [2.05, 4.69) is 15.4 Å². The van der Waals surface area contributed by atoms with Gasteiger partial charge in [-0.05, 0) is 75.7 Å². The quantitative estimate of drug-likeness (QED) is 0.538. The average molecular weight is 399 g/mol. The molecular weight excluding hydrogens is 374 g/mol. The van der Waals surface area contributed by atoms with E-state index >= 15 is 0 Å². The molecule has 4 aromatic rings. The lowest BCUT2D eigenvalue weighted by Gasteiger charge is -2.15. The van der Waals surface area contributed by atoms with E-state index in [0.717, 1.165) is 34.2 Å². The van der Waals surface area contributed by atoms with Crippen molar-refractivity contribution in [1.29, 1.82) is 0 Å². The van der Waals surface area contributed by atoms with Crippen molar-refractivity contribution < 1.29 is 4.79 Å². The van der Waals surface area contributed by atoms with Crippen molar-refractivity contribution in [2.75, 3.05) is 0 Å². The highest BCUT2D eigenvalue weighted by molar-refractivity contribution is 5.94. The van der Waals surface area contributed by atoms with Gasteiger partial charge in [-0.2, -0.15) is 5.10 Å². The van der Waals surface area contributed by atoms with Crippen LogP contribution in [0.25, 0.3) is 11.4 Å².